The molecule has 8 heteroatoms. The molecule has 1 aromatic rings. The number of carbonyl (C=O) groups excluding carboxylic acids is 2. The number of aliphatic hydroxyl groups is 1. The van der Waals surface area contributed by atoms with Gasteiger partial charge in [0.05, 0.1) is 18.1 Å². The van der Waals surface area contributed by atoms with Gasteiger partial charge in [-0.1, -0.05) is 0 Å². The van der Waals surface area contributed by atoms with Gasteiger partial charge in [-0.2, -0.15) is 0 Å². The molecule has 0 saturated carbocycles. The Labute approximate surface area is 147 Å². The van der Waals surface area contributed by atoms with Gasteiger partial charge >= 0.3 is 0 Å². The van der Waals surface area contributed by atoms with Gasteiger partial charge in [0.2, 0.25) is 5.91 Å². The number of nitrogens with zero attached hydrogens (tertiary/aromatic N) is 4. The van der Waals surface area contributed by atoms with Crippen LogP contribution in [-0.4, -0.2) is 93.0 Å². The minimum Gasteiger partial charge on any atom is -0.388 e. The Bertz CT molecular complexity index is 597. The molecule has 25 heavy (non-hydrogen) atoms. The Morgan fingerprint density at radius 3 is 2.56 bits per heavy atom. The van der Waals surface area contributed by atoms with Crippen LogP contribution in [0.25, 0.3) is 0 Å². The second kappa shape index (κ2) is 7.53. The zero-order valence-electron chi connectivity index (χ0n) is 14.8. The maximum atomic E-state index is 12.4. The molecular formula is C17H27N5O3. The summed E-state index contributed by atoms with van der Waals surface area (Å²) in [6.45, 7) is 6.41. The fraction of sp³-hybridized carbons (Fsp3) is 0.706. The lowest BCUT2D eigenvalue weighted by Gasteiger charge is -2.39. The third-order valence-corrected chi connectivity index (χ3v) is 5.27. The number of rotatable bonds is 3. The number of aromatic nitrogens is 2. The number of carbonyl (C=O) groups is 2. The number of hydrogen-bond donors (Lipinski definition) is 2. The average Bonchev–Trinajstić information content (AvgIpc) is 3.05. The summed E-state index contributed by atoms with van der Waals surface area (Å²) < 4.78 is 0. The number of β-amino-alcohol motifs (C(OH)–C–C–N with tert-alkyl or cyclic N) is 1. The fourth-order valence-corrected chi connectivity index (χ4v) is 3.72. The zero-order chi connectivity index (χ0) is 17.9. The molecule has 2 N–H and O–H groups in total. The van der Waals surface area contributed by atoms with Crippen LogP contribution in [0, 0.1) is 0 Å². The molecule has 8 nitrogen and oxygen atoms in total. The molecule has 3 heterocycles. The van der Waals surface area contributed by atoms with Crippen molar-refractivity contribution in [1.82, 2.24) is 24.7 Å². The number of H-pyrrole nitrogens is 1. The van der Waals surface area contributed by atoms with Crippen molar-refractivity contribution in [3.05, 3.63) is 18.2 Å². The van der Waals surface area contributed by atoms with Crippen LogP contribution in [0.5, 0.6) is 0 Å². The number of amides is 2. The summed E-state index contributed by atoms with van der Waals surface area (Å²) >= 11 is 0. The van der Waals surface area contributed by atoms with Crippen LogP contribution < -0.4 is 0 Å². The molecule has 0 aromatic carbocycles. The van der Waals surface area contributed by atoms with E-state index in [4.69, 9.17) is 0 Å². The van der Waals surface area contributed by atoms with E-state index in [1.165, 1.54) is 12.5 Å². The monoisotopic (exact) mass is 349 g/mol. The number of likely N-dealkylation sites (tertiary alicyclic amines) is 1. The van der Waals surface area contributed by atoms with Crippen molar-refractivity contribution in [2.24, 2.45) is 0 Å². The molecular weight excluding hydrogens is 322 g/mol. The third kappa shape index (κ3) is 4.38. The second-order valence-corrected chi connectivity index (χ2v) is 7.12. The standard InChI is InChI=1S/C17H27N5O3/c1-14(23)21-9-7-20(8-10-21)12-17(25)3-2-5-22(6-4-17)16(24)15-11-18-13-19-15/h11,13,25H,2-10,12H2,1H3,(H,18,19). The van der Waals surface area contributed by atoms with Gasteiger partial charge in [-0.15, -0.1) is 0 Å². The summed E-state index contributed by atoms with van der Waals surface area (Å²) in [6.07, 6.45) is 5.08. The molecule has 2 fully saturated rings. The molecule has 2 amide bonds. The molecule has 3 rings (SSSR count). The topological polar surface area (TPSA) is 92.8 Å². The van der Waals surface area contributed by atoms with Crippen molar-refractivity contribution in [2.75, 3.05) is 45.8 Å². The minimum absolute atomic E-state index is 0.0585. The van der Waals surface area contributed by atoms with Gasteiger partial charge in [0.1, 0.15) is 5.69 Å². The van der Waals surface area contributed by atoms with Crippen LogP contribution in [0.3, 0.4) is 0 Å². The Hall–Kier alpha value is -1.93. The highest BCUT2D eigenvalue weighted by Gasteiger charge is 2.34. The maximum Gasteiger partial charge on any atom is 0.271 e. The normalized spacial score (nSPS) is 25.7. The van der Waals surface area contributed by atoms with Gasteiger partial charge in [0, 0.05) is 52.7 Å². The molecule has 1 aromatic heterocycles. The van der Waals surface area contributed by atoms with Crippen molar-refractivity contribution >= 4 is 11.8 Å². The molecule has 2 aliphatic rings. The van der Waals surface area contributed by atoms with Crippen LogP contribution >= 0.6 is 0 Å². The lowest BCUT2D eigenvalue weighted by Crippen LogP contribution is -2.53. The summed E-state index contributed by atoms with van der Waals surface area (Å²) in [6, 6.07) is 0. The summed E-state index contributed by atoms with van der Waals surface area (Å²) in [4.78, 5) is 36.5. The Morgan fingerprint density at radius 2 is 1.92 bits per heavy atom. The van der Waals surface area contributed by atoms with Crippen LogP contribution in [-0.2, 0) is 4.79 Å². The number of imidazole rings is 1. The van der Waals surface area contributed by atoms with Crippen molar-refractivity contribution in [1.29, 1.82) is 0 Å². The molecule has 0 radical (unpaired) electrons. The number of nitrogens with one attached hydrogen (secondary N) is 1. The minimum atomic E-state index is -0.776. The molecule has 0 bridgehead atoms. The van der Waals surface area contributed by atoms with Gasteiger partial charge in [-0.25, -0.2) is 4.98 Å². The fourth-order valence-electron chi connectivity index (χ4n) is 3.72. The predicted molar refractivity (Wildman–Crippen MR) is 92.0 cm³/mol. The van der Waals surface area contributed by atoms with Crippen LogP contribution in [0.4, 0.5) is 0 Å². The van der Waals surface area contributed by atoms with Gasteiger partial charge in [0.15, 0.2) is 0 Å². The Kier molecular flexibility index (Phi) is 5.39. The highest BCUT2D eigenvalue weighted by molar-refractivity contribution is 5.92. The number of aromatic amines is 1. The summed E-state index contributed by atoms with van der Waals surface area (Å²) in [5.74, 6) is 0.0533. The lowest BCUT2D eigenvalue weighted by molar-refractivity contribution is -0.131. The number of hydrogen-bond acceptors (Lipinski definition) is 5. The number of piperazine rings is 1. The van der Waals surface area contributed by atoms with Gasteiger partial charge < -0.3 is 19.9 Å². The SMILES string of the molecule is CC(=O)N1CCN(CC2(O)CCCN(C(=O)c3cnc[nH]3)CC2)CC1. The Balaban J connectivity index is 1.53. The molecule has 138 valence electrons. The van der Waals surface area contributed by atoms with E-state index in [-0.39, 0.29) is 11.8 Å². The van der Waals surface area contributed by atoms with Gasteiger partial charge in [-0.3, -0.25) is 14.5 Å². The molecule has 0 spiro atoms. The quantitative estimate of drug-likeness (QED) is 0.797. The van der Waals surface area contributed by atoms with Crippen LogP contribution in [0.2, 0.25) is 0 Å². The Morgan fingerprint density at radius 1 is 1.16 bits per heavy atom. The predicted octanol–water partition coefficient (Wildman–Crippen LogP) is -0.0690. The van der Waals surface area contributed by atoms with Crippen molar-refractivity contribution in [3.63, 3.8) is 0 Å². The molecule has 0 aliphatic carbocycles. The van der Waals surface area contributed by atoms with Gasteiger partial charge in [0.25, 0.3) is 5.91 Å². The van der Waals surface area contributed by atoms with E-state index in [1.807, 2.05) is 4.90 Å². The maximum absolute atomic E-state index is 12.4. The molecule has 1 unspecified atom stereocenters. The van der Waals surface area contributed by atoms with Crippen LogP contribution in [0.15, 0.2) is 12.5 Å². The first-order valence-electron chi connectivity index (χ1n) is 8.95. The van der Waals surface area contributed by atoms with Crippen molar-refractivity contribution < 1.29 is 14.7 Å². The van der Waals surface area contributed by atoms with E-state index >= 15 is 0 Å². The van der Waals surface area contributed by atoms with E-state index < -0.39 is 5.60 Å². The van der Waals surface area contributed by atoms with Crippen LogP contribution in [0.1, 0.15) is 36.7 Å². The van der Waals surface area contributed by atoms with E-state index in [9.17, 15) is 14.7 Å². The summed E-state index contributed by atoms with van der Waals surface area (Å²) in [7, 11) is 0. The van der Waals surface area contributed by atoms with Gasteiger partial charge in [-0.05, 0) is 19.3 Å². The first-order valence-corrected chi connectivity index (χ1v) is 8.95. The van der Waals surface area contributed by atoms with E-state index in [1.54, 1.807) is 11.8 Å². The third-order valence-electron chi connectivity index (χ3n) is 5.27. The molecule has 2 aliphatic heterocycles. The summed E-state index contributed by atoms with van der Waals surface area (Å²) in [5.41, 5.74) is -0.285. The second-order valence-electron chi connectivity index (χ2n) is 7.12. The summed E-state index contributed by atoms with van der Waals surface area (Å²) in [5, 5.41) is 11.0. The average molecular weight is 349 g/mol. The van der Waals surface area contributed by atoms with E-state index in [0.29, 0.717) is 38.2 Å². The first kappa shape index (κ1) is 17.9. The lowest BCUT2D eigenvalue weighted by atomic mass is 9.94. The highest BCUT2D eigenvalue weighted by atomic mass is 16.3. The van der Waals surface area contributed by atoms with E-state index in [0.717, 1.165) is 32.6 Å². The highest BCUT2D eigenvalue weighted by Crippen LogP contribution is 2.25. The van der Waals surface area contributed by atoms with Crippen molar-refractivity contribution in [3.8, 4) is 0 Å². The molecule has 1 atom stereocenters. The first-order chi connectivity index (χ1) is 12.0. The van der Waals surface area contributed by atoms with Crippen molar-refractivity contribution in [2.45, 2.75) is 31.8 Å². The van der Waals surface area contributed by atoms with E-state index in [2.05, 4.69) is 14.9 Å². The smallest absolute Gasteiger partial charge is 0.271 e. The largest absolute Gasteiger partial charge is 0.388 e. The zero-order valence-corrected chi connectivity index (χ0v) is 14.8. The molecule has 2 saturated heterocycles.